The van der Waals surface area contributed by atoms with Crippen molar-refractivity contribution in [3.63, 3.8) is 0 Å². The van der Waals surface area contributed by atoms with Gasteiger partial charge in [0.05, 0.1) is 21.2 Å². The van der Waals surface area contributed by atoms with Crippen molar-refractivity contribution in [1.29, 1.82) is 0 Å². The third kappa shape index (κ3) is 14.8. The summed E-state index contributed by atoms with van der Waals surface area (Å²) in [5.41, 5.74) is 1.61. The van der Waals surface area contributed by atoms with Crippen LogP contribution in [-0.4, -0.2) is 131 Å². The molecule has 2 N–H and O–H groups in total. The van der Waals surface area contributed by atoms with Crippen LogP contribution in [0.25, 0.3) is 22.5 Å². The van der Waals surface area contributed by atoms with Gasteiger partial charge in [-0.05, 0) is 59.5 Å². The molecule has 332 valence electrons. The van der Waals surface area contributed by atoms with Crippen molar-refractivity contribution in [2.75, 3.05) is 40.3 Å². The Hall–Kier alpha value is -6.12. The van der Waals surface area contributed by atoms with Crippen LogP contribution in [0.3, 0.4) is 0 Å². The third-order valence-electron chi connectivity index (χ3n) is 9.44. The van der Waals surface area contributed by atoms with Gasteiger partial charge in [0.25, 0.3) is 17.3 Å². The predicted molar refractivity (Wildman–Crippen MR) is 230 cm³/mol. The molecule has 22 heteroatoms. The van der Waals surface area contributed by atoms with Crippen molar-refractivity contribution >= 4 is 60.3 Å². The van der Waals surface area contributed by atoms with E-state index in [9.17, 15) is 34.6 Å². The maximum atomic E-state index is 12.9. The fraction of sp³-hybridized carbons (Fsp3) is 0.436. The van der Waals surface area contributed by atoms with E-state index < -0.39 is 21.4 Å². The average Bonchev–Trinajstić information content (AvgIpc) is 3.91. The molecule has 0 unspecified atom stereocenters. The number of likely N-dealkylation sites (tertiary alicyclic amines) is 1. The van der Waals surface area contributed by atoms with Gasteiger partial charge in [0.2, 0.25) is 0 Å². The van der Waals surface area contributed by atoms with Crippen LogP contribution in [0.4, 0.5) is 25.8 Å². The lowest BCUT2D eigenvalue weighted by molar-refractivity contribution is -0.385. The van der Waals surface area contributed by atoms with E-state index in [-0.39, 0.29) is 66.4 Å². The zero-order valence-electron chi connectivity index (χ0n) is 34.7. The molecule has 3 amide bonds. The Morgan fingerprint density at radius 2 is 1.16 bits per heavy atom. The highest BCUT2D eigenvalue weighted by Gasteiger charge is 2.31. The summed E-state index contributed by atoms with van der Waals surface area (Å²) in [7, 11) is 3.52. The van der Waals surface area contributed by atoms with Crippen molar-refractivity contribution in [1.82, 2.24) is 39.1 Å². The molecule has 0 radical (unpaired) electrons. The number of amides is 3. The molecule has 4 heterocycles. The number of carbonyl (C=O) groups is 4. The Labute approximate surface area is 365 Å². The van der Waals surface area contributed by atoms with Crippen LogP contribution >= 0.6 is 24.8 Å². The number of rotatable bonds is 6. The zero-order chi connectivity index (χ0) is 43.4. The van der Waals surface area contributed by atoms with Gasteiger partial charge < -0.3 is 29.9 Å². The summed E-state index contributed by atoms with van der Waals surface area (Å²) in [6.45, 7) is 9.42. The van der Waals surface area contributed by atoms with Gasteiger partial charge in [-0.2, -0.15) is 0 Å². The van der Waals surface area contributed by atoms with Gasteiger partial charge in [0.1, 0.15) is 18.3 Å². The number of ether oxygens (including phenoxy) is 1. The number of carboxylic acid groups (broad SMARTS) is 1. The molecule has 2 aliphatic rings. The molecule has 2 fully saturated rings. The summed E-state index contributed by atoms with van der Waals surface area (Å²) >= 11 is 0. The molecule has 2 aromatic heterocycles. The molecule has 20 nitrogen and oxygen atoms in total. The first-order valence-corrected chi connectivity index (χ1v) is 18.8. The molecule has 6 rings (SSSR count). The Morgan fingerprint density at radius 3 is 1.54 bits per heavy atom. The standard InChI is InChI=1S/C21H27N5O5.C16H19N5O3.C2H4O2.2ClH/c1-21(2,3)31-20(28)24-10-8-16(9-11-24)23(4)19(27)25-13-18(22-14-25)15-6-5-7-17(12-15)26(29)30;1-19(13-5-7-17-8-6-13)16(22)20-10-15(18-11-20)12-3-2-4-14(9-12)21(23)24;1-2(3)4;;/h5-7,12-14,16H,8-11H2,1-4H3;2-4,9-11,13,17H,5-8H2,1H3;1H3,(H,3,4);2*1H. The number of aromatic nitrogens is 4. The summed E-state index contributed by atoms with van der Waals surface area (Å²) in [6.07, 6.45) is 8.84. The number of nitro groups is 2. The van der Waals surface area contributed by atoms with Gasteiger partial charge in [0.15, 0.2) is 0 Å². The second-order valence-corrected chi connectivity index (χ2v) is 14.9. The number of nitrogens with one attached hydrogen (secondary N) is 1. The van der Waals surface area contributed by atoms with E-state index in [0.29, 0.717) is 48.4 Å². The molecule has 0 spiro atoms. The van der Waals surface area contributed by atoms with Crippen LogP contribution < -0.4 is 5.32 Å². The van der Waals surface area contributed by atoms with Crippen molar-refractivity contribution in [2.45, 2.75) is 71.1 Å². The van der Waals surface area contributed by atoms with E-state index in [0.717, 1.165) is 32.9 Å². The summed E-state index contributed by atoms with van der Waals surface area (Å²) in [4.78, 5) is 81.1. The number of hydrogen-bond acceptors (Lipinski definition) is 12. The van der Waals surface area contributed by atoms with E-state index in [1.165, 1.54) is 46.1 Å². The SMILES string of the molecule is CC(=O)O.CN(C(=O)n1cnc(-c2cccc([N+](=O)[O-])c2)c1)C1CCN(C(=O)OC(C)(C)C)CC1.CN(C(=O)n1cnc(-c2cccc([N+](=O)[O-])c2)c1)C1CCNCC1.Cl.Cl. The van der Waals surface area contributed by atoms with Crippen LogP contribution in [0.5, 0.6) is 0 Å². The van der Waals surface area contributed by atoms with Gasteiger partial charge in [0, 0.05) is 94.0 Å². The molecular formula is C39H52Cl2N10O10. The summed E-state index contributed by atoms with van der Waals surface area (Å²) in [5.74, 6) is -0.833. The van der Waals surface area contributed by atoms with Crippen LogP contribution in [0.1, 0.15) is 53.4 Å². The van der Waals surface area contributed by atoms with Crippen molar-refractivity contribution in [2.24, 2.45) is 0 Å². The first-order valence-electron chi connectivity index (χ1n) is 18.8. The van der Waals surface area contributed by atoms with Gasteiger partial charge in [-0.3, -0.25) is 34.2 Å². The number of halogens is 2. The van der Waals surface area contributed by atoms with E-state index >= 15 is 0 Å². The largest absolute Gasteiger partial charge is 0.481 e. The number of nitrogens with zero attached hydrogens (tertiary/aromatic N) is 9. The number of hydrogen-bond donors (Lipinski definition) is 2. The van der Waals surface area contributed by atoms with E-state index in [1.807, 2.05) is 20.8 Å². The minimum Gasteiger partial charge on any atom is -0.481 e. The van der Waals surface area contributed by atoms with Gasteiger partial charge in [-0.1, -0.05) is 24.3 Å². The van der Waals surface area contributed by atoms with Crippen molar-refractivity contribution in [3.05, 3.63) is 93.8 Å². The highest BCUT2D eigenvalue weighted by atomic mass is 35.5. The molecular weight excluding hydrogens is 839 g/mol. The maximum Gasteiger partial charge on any atom is 0.410 e. The Morgan fingerprint density at radius 1 is 0.770 bits per heavy atom. The molecule has 4 aromatic rings. The van der Waals surface area contributed by atoms with Gasteiger partial charge in [-0.15, -0.1) is 24.8 Å². The normalized spacial score (nSPS) is 14.0. The predicted octanol–water partition coefficient (Wildman–Crippen LogP) is 6.80. The minimum atomic E-state index is -0.833. The zero-order valence-corrected chi connectivity index (χ0v) is 36.3. The lowest BCUT2D eigenvalue weighted by atomic mass is 10.0. The monoisotopic (exact) mass is 890 g/mol. The van der Waals surface area contributed by atoms with Crippen molar-refractivity contribution in [3.8, 4) is 22.5 Å². The molecule has 2 saturated heterocycles. The Balaban J connectivity index is 0.000000383. The number of nitro benzene ring substituents is 2. The number of carbonyl (C=O) groups excluding carboxylic acids is 3. The van der Waals surface area contributed by atoms with Crippen LogP contribution in [0, 0.1) is 20.2 Å². The number of carboxylic acids is 1. The van der Waals surface area contributed by atoms with Crippen LogP contribution in [0.15, 0.2) is 73.6 Å². The molecule has 0 aliphatic carbocycles. The number of aliphatic carboxylic acids is 1. The molecule has 2 aromatic carbocycles. The fourth-order valence-electron chi connectivity index (χ4n) is 6.34. The molecule has 61 heavy (non-hydrogen) atoms. The summed E-state index contributed by atoms with van der Waals surface area (Å²) in [5, 5.41) is 32.6. The quantitative estimate of drug-likeness (QED) is 0.150. The summed E-state index contributed by atoms with van der Waals surface area (Å²) < 4.78 is 8.21. The number of non-ortho nitro benzene ring substituents is 2. The molecule has 2 aliphatic heterocycles. The molecule has 0 atom stereocenters. The highest BCUT2D eigenvalue weighted by Crippen LogP contribution is 2.25. The molecule has 0 bridgehead atoms. The lowest BCUT2D eigenvalue weighted by Crippen LogP contribution is -2.49. The number of imidazole rings is 2. The summed E-state index contributed by atoms with van der Waals surface area (Å²) in [6, 6.07) is 12.1. The second-order valence-electron chi connectivity index (χ2n) is 14.9. The fourth-order valence-corrected chi connectivity index (χ4v) is 6.34. The molecule has 0 saturated carbocycles. The first kappa shape index (κ1) is 51.0. The van der Waals surface area contributed by atoms with Gasteiger partial charge in [-0.25, -0.2) is 24.4 Å². The number of piperidine rings is 2. The van der Waals surface area contributed by atoms with E-state index in [4.69, 9.17) is 14.6 Å². The Kier molecular flexibility index (Phi) is 19.3. The maximum absolute atomic E-state index is 12.9. The topological polar surface area (TPSA) is 241 Å². The Bertz CT molecular complexity index is 2120. The lowest BCUT2D eigenvalue weighted by Gasteiger charge is -2.37. The van der Waals surface area contributed by atoms with Crippen LogP contribution in [0.2, 0.25) is 0 Å². The van der Waals surface area contributed by atoms with E-state index in [1.54, 1.807) is 65.5 Å². The van der Waals surface area contributed by atoms with E-state index in [2.05, 4.69) is 15.3 Å². The second kappa shape index (κ2) is 23.0. The van der Waals surface area contributed by atoms with Crippen LogP contribution in [-0.2, 0) is 9.53 Å². The minimum absolute atomic E-state index is 0. The third-order valence-corrected chi connectivity index (χ3v) is 9.44. The number of benzene rings is 2. The van der Waals surface area contributed by atoms with Crippen molar-refractivity contribution < 1.29 is 38.9 Å². The van der Waals surface area contributed by atoms with Gasteiger partial charge >= 0.3 is 18.2 Å². The average molecular weight is 892 g/mol. The highest BCUT2D eigenvalue weighted by molar-refractivity contribution is 5.85. The smallest absolute Gasteiger partial charge is 0.410 e. The first-order chi connectivity index (χ1) is 27.8.